The normalized spacial score (nSPS) is 15.5. The molecular weight excluding hydrogens is 453 g/mol. The molecule has 1 heterocycles. The van der Waals surface area contributed by atoms with Gasteiger partial charge in [-0.05, 0) is 78.4 Å². The van der Waals surface area contributed by atoms with Crippen molar-refractivity contribution in [3.63, 3.8) is 0 Å². The van der Waals surface area contributed by atoms with Crippen LogP contribution in [0.2, 0.25) is 5.02 Å². The molecule has 25 heavy (non-hydrogen) atoms. The van der Waals surface area contributed by atoms with Crippen LogP contribution in [0, 0.1) is 3.57 Å². The van der Waals surface area contributed by atoms with Gasteiger partial charge in [-0.1, -0.05) is 23.7 Å². The van der Waals surface area contributed by atoms with Crippen molar-refractivity contribution in [3.05, 3.63) is 67.9 Å². The van der Waals surface area contributed by atoms with E-state index >= 15 is 0 Å². The molecule has 1 aliphatic rings. The van der Waals surface area contributed by atoms with Crippen molar-refractivity contribution in [2.24, 2.45) is 4.99 Å². The third kappa shape index (κ3) is 4.41. The van der Waals surface area contributed by atoms with Gasteiger partial charge in [-0.3, -0.25) is 0 Å². The van der Waals surface area contributed by atoms with Crippen molar-refractivity contribution < 1.29 is 14.3 Å². The number of rotatable bonds is 4. The van der Waals surface area contributed by atoms with Gasteiger partial charge in [-0.15, -0.1) is 0 Å². The van der Waals surface area contributed by atoms with Gasteiger partial charge in [0.1, 0.15) is 5.75 Å². The second-order valence-electron chi connectivity index (χ2n) is 5.70. The summed E-state index contributed by atoms with van der Waals surface area (Å²) in [4.78, 5) is 16.4. The highest BCUT2D eigenvalue weighted by atomic mass is 127. The lowest BCUT2D eigenvalue weighted by atomic mass is 10.2. The number of esters is 1. The molecule has 3 rings (SSSR count). The van der Waals surface area contributed by atoms with Gasteiger partial charge in [0, 0.05) is 3.57 Å². The predicted molar refractivity (Wildman–Crippen MR) is 107 cm³/mol. The van der Waals surface area contributed by atoms with E-state index in [0.717, 1.165) is 14.9 Å². The fraction of sp³-hybridized carbons (Fsp3) is 0.158. The number of cyclic esters (lactones) is 1. The molecule has 6 heteroatoms. The smallest absolute Gasteiger partial charge is 0.363 e. The monoisotopic (exact) mass is 467 g/mol. The van der Waals surface area contributed by atoms with Crippen molar-refractivity contribution >= 4 is 52.1 Å². The van der Waals surface area contributed by atoms with Crippen LogP contribution in [-0.2, 0) is 9.53 Å². The van der Waals surface area contributed by atoms with E-state index in [4.69, 9.17) is 21.1 Å². The minimum Gasteiger partial charge on any atom is -0.491 e. The van der Waals surface area contributed by atoms with Gasteiger partial charge in [-0.25, -0.2) is 9.79 Å². The van der Waals surface area contributed by atoms with Gasteiger partial charge in [0.05, 0.1) is 16.7 Å². The van der Waals surface area contributed by atoms with Crippen molar-refractivity contribution in [2.45, 2.75) is 20.0 Å². The largest absolute Gasteiger partial charge is 0.491 e. The SMILES string of the molecule is CC(C)Oc1cccc(/C=C2\N=C(c3cc(I)ccc3Cl)OC2=O)c1. The van der Waals surface area contributed by atoms with Crippen molar-refractivity contribution in [3.8, 4) is 5.75 Å². The number of carbonyl (C=O) groups excluding carboxylic acids is 1. The zero-order valence-corrected chi connectivity index (χ0v) is 16.5. The number of hydrogen-bond donors (Lipinski definition) is 0. The van der Waals surface area contributed by atoms with Crippen molar-refractivity contribution in [1.29, 1.82) is 0 Å². The van der Waals surface area contributed by atoms with E-state index in [0.29, 0.717) is 10.6 Å². The van der Waals surface area contributed by atoms with Crippen LogP contribution in [0.25, 0.3) is 6.08 Å². The Morgan fingerprint density at radius 2 is 2.04 bits per heavy atom. The van der Waals surface area contributed by atoms with E-state index < -0.39 is 5.97 Å². The Morgan fingerprint density at radius 1 is 1.24 bits per heavy atom. The number of benzene rings is 2. The summed E-state index contributed by atoms with van der Waals surface area (Å²) in [6.45, 7) is 3.92. The molecule has 0 aliphatic carbocycles. The summed E-state index contributed by atoms with van der Waals surface area (Å²) in [6, 6.07) is 12.9. The lowest BCUT2D eigenvalue weighted by Crippen LogP contribution is -2.06. The van der Waals surface area contributed by atoms with Crippen LogP contribution in [0.5, 0.6) is 5.75 Å². The van der Waals surface area contributed by atoms with Crippen LogP contribution in [0.4, 0.5) is 0 Å². The maximum absolute atomic E-state index is 12.1. The number of carbonyl (C=O) groups is 1. The van der Waals surface area contributed by atoms with Gasteiger partial charge < -0.3 is 9.47 Å². The molecule has 0 saturated carbocycles. The number of hydrogen-bond acceptors (Lipinski definition) is 4. The van der Waals surface area contributed by atoms with Crippen molar-refractivity contribution in [2.75, 3.05) is 0 Å². The first kappa shape index (κ1) is 17.9. The lowest BCUT2D eigenvalue weighted by molar-refractivity contribution is -0.129. The standard InChI is InChI=1S/C19H15ClINO3/c1-11(2)24-14-5-3-4-12(8-14)9-17-19(23)25-18(22-17)15-10-13(21)6-7-16(15)20/h3-11H,1-2H3/b17-9-. The molecule has 0 unspecified atom stereocenters. The average Bonchev–Trinajstić information content (AvgIpc) is 2.90. The molecule has 0 spiro atoms. The first-order chi connectivity index (χ1) is 11.9. The number of nitrogens with zero attached hydrogens (tertiary/aromatic N) is 1. The quantitative estimate of drug-likeness (QED) is 0.358. The van der Waals surface area contributed by atoms with E-state index in [9.17, 15) is 4.79 Å². The molecule has 0 aromatic heterocycles. The Morgan fingerprint density at radius 3 is 2.80 bits per heavy atom. The maximum atomic E-state index is 12.1. The fourth-order valence-corrected chi connectivity index (χ4v) is 2.98. The van der Waals surface area contributed by atoms with Crippen molar-refractivity contribution in [1.82, 2.24) is 0 Å². The van der Waals surface area contributed by atoms with Gasteiger partial charge >= 0.3 is 5.97 Å². The van der Waals surface area contributed by atoms with Gasteiger partial charge in [0.15, 0.2) is 5.70 Å². The zero-order chi connectivity index (χ0) is 18.0. The van der Waals surface area contributed by atoms with Crippen LogP contribution in [-0.4, -0.2) is 18.0 Å². The van der Waals surface area contributed by atoms with Crippen LogP contribution in [0.3, 0.4) is 0 Å². The fourth-order valence-electron chi connectivity index (χ4n) is 2.29. The summed E-state index contributed by atoms with van der Waals surface area (Å²) in [6.07, 6.45) is 1.75. The first-order valence-corrected chi connectivity index (χ1v) is 9.13. The average molecular weight is 468 g/mol. The first-order valence-electron chi connectivity index (χ1n) is 7.67. The summed E-state index contributed by atoms with van der Waals surface area (Å²) < 4.78 is 11.9. The Labute approximate surface area is 164 Å². The number of halogens is 2. The Balaban J connectivity index is 1.92. The molecule has 0 bridgehead atoms. The Bertz CT molecular complexity index is 890. The molecule has 2 aromatic carbocycles. The molecule has 0 fully saturated rings. The molecule has 0 radical (unpaired) electrons. The summed E-state index contributed by atoms with van der Waals surface area (Å²) in [5.74, 6) is 0.454. The van der Waals surface area contributed by atoms with Gasteiger partial charge in [-0.2, -0.15) is 0 Å². The molecule has 4 nitrogen and oxygen atoms in total. The second-order valence-corrected chi connectivity index (χ2v) is 7.35. The third-order valence-corrected chi connectivity index (χ3v) is 4.31. The highest BCUT2D eigenvalue weighted by Gasteiger charge is 2.25. The minimum atomic E-state index is -0.500. The number of aliphatic imine (C=N–C) groups is 1. The maximum Gasteiger partial charge on any atom is 0.363 e. The Kier molecular flexibility index (Phi) is 5.44. The highest BCUT2D eigenvalue weighted by molar-refractivity contribution is 14.1. The van der Waals surface area contributed by atoms with E-state index in [1.807, 2.05) is 50.2 Å². The van der Waals surface area contributed by atoms with E-state index in [2.05, 4.69) is 27.6 Å². The predicted octanol–water partition coefficient (Wildman–Crippen LogP) is 5.08. The highest BCUT2D eigenvalue weighted by Crippen LogP contribution is 2.26. The Hall–Kier alpha value is -1.86. The topological polar surface area (TPSA) is 47.9 Å². The minimum absolute atomic E-state index is 0.0756. The lowest BCUT2D eigenvalue weighted by Gasteiger charge is -2.09. The summed E-state index contributed by atoms with van der Waals surface area (Å²) in [5.41, 5.74) is 1.64. The molecule has 0 N–H and O–H groups in total. The molecular formula is C19H15ClINO3. The molecule has 0 atom stereocenters. The van der Waals surface area contributed by atoms with E-state index in [1.165, 1.54) is 0 Å². The van der Waals surface area contributed by atoms with Crippen LogP contribution in [0.15, 0.2) is 53.2 Å². The molecule has 0 amide bonds. The zero-order valence-electron chi connectivity index (χ0n) is 13.6. The van der Waals surface area contributed by atoms with Crippen LogP contribution in [0.1, 0.15) is 25.0 Å². The molecule has 2 aromatic rings. The van der Waals surface area contributed by atoms with Crippen LogP contribution < -0.4 is 4.74 Å². The second kappa shape index (κ2) is 7.58. The summed E-state index contributed by atoms with van der Waals surface area (Å²) in [5, 5.41) is 0.487. The van der Waals surface area contributed by atoms with Gasteiger partial charge in [0.2, 0.25) is 5.90 Å². The third-order valence-electron chi connectivity index (χ3n) is 3.31. The number of ether oxygens (including phenoxy) is 2. The molecule has 1 aliphatic heterocycles. The molecule has 0 saturated heterocycles. The summed E-state index contributed by atoms with van der Waals surface area (Å²) in [7, 11) is 0. The van der Waals surface area contributed by atoms with Crippen LogP contribution >= 0.6 is 34.2 Å². The molecule has 128 valence electrons. The van der Waals surface area contributed by atoms with E-state index in [-0.39, 0.29) is 17.7 Å². The summed E-state index contributed by atoms with van der Waals surface area (Å²) >= 11 is 8.36. The van der Waals surface area contributed by atoms with E-state index in [1.54, 1.807) is 12.1 Å². The van der Waals surface area contributed by atoms with Gasteiger partial charge in [0.25, 0.3) is 0 Å².